The van der Waals surface area contributed by atoms with Crippen molar-refractivity contribution in [3.8, 4) is 0 Å². The van der Waals surface area contributed by atoms with E-state index in [-0.39, 0.29) is 15.5 Å². The minimum Gasteiger partial charge on any atom is -0.396 e. The van der Waals surface area contributed by atoms with Crippen molar-refractivity contribution in [2.45, 2.75) is 18.2 Å². The van der Waals surface area contributed by atoms with Gasteiger partial charge < -0.3 is 21.1 Å². The maximum atomic E-state index is 11.9. The summed E-state index contributed by atoms with van der Waals surface area (Å²) >= 11 is 1.04. The number of hydrogen-bond acceptors (Lipinski definition) is 7. The molecule has 0 atom stereocenters. The Labute approximate surface area is 128 Å². The molecule has 0 unspecified atom stereocenters. The number of amides is 1. The number of sulfone groups is 1. The zero-order valence-electron chi connectivity index (χ0n) is 12.4. The van der Waals surface area contributed by atoms with Crippen LogP contribution in [0.3, 0.4) is 0 Å². The Kier molecular flexibility index (Phi) is 6.43. The Balaban J connectivity index is 2.99. The highest BCUT2D eigenvalue weighted by molar-refractivity contribution is 7.91. The van der Waals surface area contributed by atoms with E-state index in [2.05, 4.69) is 10.6 Å². The molecule has 21 heavy (non-hydrogen) atoms. The largest absolute Gasteiger partial charge is 0.396 e. The lowest BCUT2D eigenvalue weighted by atomic mass is 10.3. The van der Waals surface area contributed by atoms with Crippen LogP contribution in [0, 0.1) is 0 Å². The van der Waals surface area contributed by atoms with E-state index in [9.17, 15) is 13.2 Å². The van der Waals surface area contributed by atoms with Crippen molar-refractivity contribution in [1.29, 1.82) is 0 Å². The third kappa shape index (κ3) is 4.58. The number of thiophene rings is 1. The fourth-order valence-corrected chi connectivity index (χ4v) is 4.26. The van der Waals surface area contributed by atoms with Crippen LogP contribution in [0.15, 0.2) is 4.90 Å². The first-order valence-electron chi connectivity index (χ1n) is 6.48. The van der Waals surface area contributed by atoms with Crippen molar-refractivity contribution in [2.24, 2.45) is 0 Å². The minimum absolute atomic E-state index is 0.00541. The third-order valence-corrected chi connectivity index (χ3v) is 5.12. The molecular formula is C12H21N3O4S2. The first kappa shape index (κ1) is 17.7. The van der Waals surface area contributed by atoms with E-state index >= 15 is 0 Å². The summed E-state index contributed by atoms with van der Waals surface area (Å²) in [7, 11) is -2.05. The summed E-state index contributed by atoms with van der Waals surface area (Å²) < 4.78 is 28.9. The van der Waals surface area contributed by atoms with Gasteiger partial charge in [0.1, 0.15) is 14.8 Å². The lowest BCUT2D eigenvalue weighted by molar-refractivity contribution is 0.0968. The van der Waals surface area contributed by atoms with Crippen LogP contribution >= 0.6 is 11.3 Å². The van der Waals surface area contributed by atoms with Crippen molar-refractivity contribution in [3.63, 3.8) is 0 Å². The summed E-state index contributed by atoms with van der Waals surface area (Å²) in [6.07, 6.45) is 1.80. The van der Waals surface area contributed by atoms with Crippen LogP contribution < -0.4 is 16.4 Å². The number of nitrogens with one attached hydrogen (secondary N) is 2. The van der Waals surface area contributed by atoms with Crippen molar-refractivity contribution in [1.82, 2.24) is 5.32 Å². The van der Waals surface area contributed by atoms with Crippen LogP contribution in [0.5, 0.6) is 0 Å². The summed E-state index contributed by atoms with van der Waals surface area (Å²) in [6, 6.07) is 0. The van der Waals surface area contributed by atoms with Gasteiger partial charge in [-0.25, -0.2) is 8.42 Å². The molecule has 0 aliphatic carbocycles. The van der Waals surface area contributed by atoms with Crippen LogP contribution in [-0.4, -0.2) is 47.4 Å². The first-order valence-corrected chi connectivity index (χ1v) is 9.19. The van der Waals surface area contributed by atoms with Crippen LogP contribution in [0.1, 0.15) is 23.0 Å². The fourth-order valence-electron chi connectivity index (χ4n) is 1.72. The Hall–Kier alpha value is -1.32. The van der Waals surface area contributed by atoms with Crippen molar-refractivity contribution >= 4 is 37.8 Å². The first-order chi connectivity index (χ1) is 9.82. The zero-order valence-corrected chi connectivity index (χ0v) is 14.0. The summed E-state index contributed by atoms with van der Waals surface area (Å²) in [5.74, 6) is -0.398. The quantitative estimate of drug-likeness (QED) is 0.610. The third-order valence-electron chi connectivity index (χ3n) is 2.66. The molecule has 0 aliphatic rings. The van der Waals surface area contributed by atoms with E-state index in [1.807, 2.05) is 6.92 Å². The van der Waals surface area contributed by atoms with Gasteiger partial charge in [-0.1, -0.05) is 0 Å². The number of hydrogen-bond donors (Lipinski definition) is 3. The summed E-state index contributed by atoms with van der Waals surface area (Å²) in [6.45, 7) is 3.67. The second kappa shape index (κ2) is 7.62. The lowest BCUT2D eigenvalue weighted by Crippen LogP contribution is -2.18. The van der Waals surface area contributed by atoms with Crippen molar-refractivity contribution < 1.29 is 17.9 Å². The van der Waals surface area contributed by atoms with Gasteiger partial charge in [0, 0.05) is 33.1 Å². The van der Waals surface area contributed by atoms with Gasteiger partial charge in [-0.2, -0.15) is 0 Å². The molecule has 1 heterocycles. The van der Waals surface area contributed by atoms with Gasteiger partial charge in [-0.3, -0.25) is 4.79 Å². The summed E-state index contributed by atoms with van der Waals surface area (Å²) in [5, 5.41) is 5.86. The second-order valence-electron chi connectivity index (χ2n) is 4.33. The predicted octanol–water partition coefficient (Wildman–Crippen LogP) is 0.932. The van der Waals surface area contributed by atoms with Crippen LogP contribution in [0.25, 0.3) is 0 Å². The molecule has 1 amide bonds. The van der Waals surface area contributed by atoms with E-state index in [0.717, 1.165) is 24.0 Å². The van der Waals surface area contributed by atoms with Gasteiger partial charge in [0.25, 0.3) is 5.91 Å². The van der Waals surface area contributed by atoms with Crippen LogP contribution in [0.4, 0.5) is 10.7 Å². The standard InChI is InChI=1S/C12H21N3O4S2/c1-4-19-7-5-6-15-12-10(21(3,17)18)8(13)9(20-12)11(16)14-2/h15H,4-7,13H2,1-3H3,(H,14,16). The average molecular weight is 335 g/mol. The zero-order chi connectivity index (χ0) is 16.0. The van der Waals surface area contributed by atoms with Crippen LogP contribution in [0.2, 0.25) is 0 Å². The molecule has 0 aliphatic heterocycles. The van der Waals surface area contributed by atoms with E-state index < -0.39 is 15.7 Å². The summed E-state index contributed by atoms with van der Waals surface area (Å²) in [4.78, 5) is 11.9. The predicted molar refractivity (Wildman–Crippen MR) is 84.8 cm³/mol. The highest BCUT2D eigenvalue weighted by atomic mass is 32.2. The molecular weight excluding hydrogens is 314 g/mol. The number of anilines is 2. The van der Waals surface area contributed by atoms with E-state index in [4.69, 9.17) is 10.5 Å². The number of nitrogens with two attached hydrogens (primary N) is 1. The second-order valence-corrected chi connectivity index (χ2v) is 7.30. The smallest absolute Gasteiger partial charge is 0.263 e. The molecule has 9 heteroatoms. The molecule has 0 saturated carbocycles. The molecule has 0 radical (unpaired) electrons. The number of ether oxygens (including phenoxy) is 1. The highest BCUT2D eigenvalue weighted by Crippen LogP contribution is 2.39. The van der Waals surface area contributed by atoms with Gasteiger partial charge in [0.2, 0.25) is 0 Å². The SMILES string of the molecule is CCOCCCNc1sc(C(=O)NC)c(N)c1S(C)(=O)=O. The molecule has 1 rings (SSSR count). The topological polar surface area (TPSA) is 111 Å². The number of carbonyl (C=O) groups is 1. The van der Waals surface area contributed by atoms with Gasteiger partial charge in [0.15, 0.2) is 9.84 Å². The van der Waals surface area contributed by atoms with E-state index in [0.29, 0.717) is 24.8 Å². The monoisotopic (exact) mass is 335 g/mol. The lowest BCUT2D eigenvalue weighted by Gasteiger charge is -2.06. The Bertz CT molecular complexity index is 596. The molecule has 4 N–H and O–H groups in total. The maximum absolute atomic E-state index is 11.9. The highest BCUT2D eigenvalue weighted by Gasteiger charge is 2.26. The molecule has 0 spiro atoms. The van der Waals surface area contributed by atoms with Crippen molar-refractivity contribution in [2.75, 3.05) is 44.1 Å². The molecule has 7 nitrogen and oxygen atoms in total. The molecule has 0 saturated heterocycles. The molecule has 1 aromatic heterocycles. The minimum atomic E-state index is -3.52. The molecule has 0 aromatic carbocycles. The van der Waals surface area contributed by atoms with E-state index in [1.54, 1.807) is 0 Å². The summed E-state index contributed by atoms with van der Waals surface area (Å²) in [5.41, 5.74) is 5.82. The Morgan fingerprint density at radius 3 is 2.62 bits per heavy atom. The van der Waals surface area contributed by atoms with Gasteiger partial charge in [-0.05, 0) is 13.3 Å². The van der Waals surface area contributed by atoms with Gasteiger partial charge in [-0.15, -0.1) is 11.3 Å². The number of nitrogen functional groups attached to an aromatic ring is 1. The number of rotatable bonds is 8. The van der Waals surface area contributed by atoms with Crippen LogP contribution in [-0.2, 0) is 14.6 Å². The Morgan fingerprint density at radius 1 is 1.43 bits per heavy atom. The fraction of sp³-hybridized carbons (Fsp3) is 0.583. The average Bonchev–Trinajstić information content (AvgIpc) is 2.74. The normalized spacial score (nSPS) is 11.4. The molecule has 120 valence electrons. The number of carbonyl (C=O) groups excluding carboxylic acids is 1. The van der Waals surface area contributed by atoms with Crippen molar-refractivity contribution in [3.05, 3.63) is 4.88 Å². The molecule has 0 bridgehead atoms. The van der Waals surface area contributed by atoms with Gasteiger partial charge in [0.05, 0.1) is 5.69 Å². The maximum Gasteiger partial charge on any atom is 0.263 e. The molecule has 0 fully saturated rings. The Morgan fingerprint density at radius 2 is 2.10 bits per heavy atom. The van der Waals surface area contributed by atoms with Gasteiger partial charge >= 0.3 is 0 Å². The molecule has 1 aromatic rings. The van der Waals surface area contributed by atoms with E-state index in [1.165, 1.54) is 7.05 Å².